The summed E-state index contributed by atoms with van der Waals surface area (Å²) < 4.78 is 4.53. The Morgan fingerprint density at radius 1 is 0.957 bits per heavy atom. The van der Waals surface area contributed by atoms with Gasteiger partial charge in [-0.05, 0) is 23.6 Å². The van der Waals surface area contributed by atoms with Crippen LogP contribution in [0, 0.1) is 0 Å². The van der Waals surface area contributed by atoms with Gasteiger partial charge in [0, 0.05) is 15.8 Å². The molecule has 0 unspecified atom stereocenters. The minimum absolute atomic E-state index is 0. The standard InChI is InChI=1S/C18H15N2S2.HI/c1-19-17(14-6-3-2-4-7-14)16(20-11-13-22-18(19)20)10-9-15-8-5-12-21-15;/h2-13H,1H3;1H/q+1;/p-1/b10-9+;. The molecule has 4 aromatic rings. The van der Waals surface area contributed by atoms with Crippen molar-refractivity contribution in [3.05, 3.63) is 70.0 Å². The number of thiazole rings is 1. The fourth-order valence-corrected chi connectivity index (χ4v) is 4.17. The molecule has 0 fully saturated rings. The molecule has 0 bridgehead atoms. The summed E-state index contributed by atoms with van der Waals surface area (Å²) in [6.07, 6.45) is 6.55. The molecule has 0 aliphatic rings. The number of aryl methyl sites for hydroxylation is 1. The second-order valence-electron chi connectivity index (χ2n) is 5.06. The molecular weight excluding hydrogens is 435 g/mol. The van der Waals surface area contributed by atoms with Gasteiger partial charge >= 0.3 is 4.96 Å². The van der Waals surface area contributed by atoms with Crippen molar-refractivity contribution >= 4 is 39.8 Å². The van der Waals surface area contributed by atoms with Crippen LogP contribution in [0.2, 0.25) is 0 Å². The first-order chi connectivity index (χ1) is 10.8. The number of hydrogen-bond donors (Lipinski definition) is 0. The normalized spacial score (nSPS) is 11.2. The Labute approximate surface area is 160 Å². The third-order valence-electron chi connectivity index (χ3n) is 3.71. The van der Waals surface area contributed by atoms with Crippen LogP contribution in [0.5, 0.6) is 0 Å². The summed E-state index contributed by atoms with van der Waals surface area (Å²) in [7, 11) is 2.14. The first-order valence-corrected chi connectivity index (χ1v) is 8.85. The molecule has 0 N–H and O–H groups in total. The summed E-state index contributed by atoms with van der Waals surface area (Å²) in [4.78, 5) is 2.51. The van der Waals surface area contributed by atoms with Crippen molar-refractivity contribution in [2.75, 3.05) is 0 Å². The highest BCUT2D eigenvalue weighted by atomic mass is 127. The molecule has 0 atom stereocenters. The quantitative estimate of drug-likeness (QED) is 0.332. The Morgan fingerprint density at radius 3 is 2.52 bits per heavy atom. The first-order valence-electron chi connectivity index (χ1n) is 7.09. The third kappa shape index (κ3) is 3.00. The number of rotatable bonds is 3. The molecule has 1 aromatic carbocycles. The molecule has 0 amide bonds. The molecule has 3 aromatic heterocycles. The Bertz CT molecular complexity index is 934. The van der Waals surface area contributed by atoms with E-state index in [0.29, 0.717) is 0 Å². The monoisotopic (exact) mass is 450 g/mol. The fourth-order valence-electron chi connectivity index (χ4n) is 2.72. The fraction of sp³-hybridized carbons (Fsp3) is 0.0556. The molecule has 0 spiro atoms. The minimum atomic E-state index is 0. The predicted octanol–water partition coefficient (Wildman–Crippen LogP) is 1.73. The maximum absolute atomic E-state index is 2.27. The van der Waals surface area contributed by atoms with Gasteiger partial charge in [0.15, 0.2) is 11.4 Å². The summed E-state index contributed by atoms with van der Waals surface area (Å²) in [5.41, 5.74) is 3.71. The summed E-state index contributed by atoms with van der Waals surface area (Å²) in [5, 5.41) is 4.24. The van der Waals surface area contributed by atoms with E-state index in [1.807, 2.05) is 0 Å². The van der Waals surface area contributed by atoms with E-state index in [1.165, 1.54) is 26.8 Å². The topological polar surface area (TPSA) is 8.29 Å². The lowest BCUT2D eigenvalue weighted by Crippen LogP contribution is -3.00. The van der Waals surface area contributed by atoms with Crippen LogP contribution < -0.4 is 28.5 Å². The lowest BCUT2D eigenvalue weighted by atomic mass is 10.1. The van der Waals surface area contributed by atoms with E-state index in [0.717, 1.165) is 0 Å². The van der Waals surface area contributed by atoms with E-state index < -0.39 is 0 Å². The van der Waals surface area contributed by atoms with E-state index in [-0.39, 0.29) is 24.0 Å². The number of thiophene rings is 1. The highest BCUT2D eigenvalue weighted by molar-refractivity contribution is 7.14. The second-order valence-corrected chi connectivity index (χ2v) is 6.92. The number of benzene rings is 1. The van der Waals surface area contributed by atoms with Crippen LogP contribution in [0.1, 0.15) is 10.6 Å². The lowest BCUT2D eigenvalue weighted by molar-refractivity contribution is -0.631. The summed E-state index contributed by atoms with van der Waals surface area (Å²) >= 11 is 3.52. The van der Waals surface area contributed by atoms with E-state index in [1.54, 1.807) is 22.7 Å². The van der Waals surface area contributed by atoms with Gasteiger partial charge in [-0.15, -0.1) is 11.3 Å². The second kappa shape index (κ2) is 6.98. The largest absolute Gasteiger partial charge is 1.00 e. The molecule has 0 aliphatic carbocycles. The van der Waals surface area contributed by atoms with Gasteiger partial charge in [-0.25, -0.2) is 4.57 Å². The summed E-state index contributed by atoms with van der Waals surface area (Å²) in [5.74, 6) is 0. The Kier molecular flexibility index (Phi) is 4.99. The molecule has 2 nitrogen and oxygen atoms in total. The van der Waals surface area contributed by atoms with Gasteiger partial charge in [-0.2, -0.15) is 4.40 Å². The van der Waals surface area contributed by atoms with E-state index >= 15 is 0 Å². The molecule has 116 valence electrons. The predicted molar refractivity (Wildman–Crippen MR) is 95.1 cm³/mol. The van der Waals surface area contributed by atoms with Crippen molar-refractivity contribution in [1.82, 2.24) is 4.40 Å². The number of imidazole rings is 1. The molecule has 0 aliphatic heterocycles. The number of halogens is 1. The summed E-state index contributed by atoms with van der Waals surface area (Å²) in [6.45, 7) is 0. The molecule has 0 radical (unpaired) electrons. The van der Waals surface area contributed by atoms with Crippen LogP contribution in [0.15, 0.2) is 59.4 Å². The molecule has 0 saturated heterocycles. The van der Waals surface area contributed by atoms with Crippen molar-refractivity contribution in [2.45, 2.75) is 0 Å². The Morgan fingerprint density at radius 2 is 1.78 bits per heavy atom. The third-order valence-corrected chi connectivity index (χ3v) is 5.49. The molecule has 4 rings (SSSR count). The van der Waals surface area contributed by atoms with Crippen LogP contribution in [0.3, 0.4) is 0 Å². The van der Waals surface area contributed by atoms with Gasteiger partial charge in [0.2, 0.25) is 0 Å². The Balaban J connectivity index is 0.00000156. The molecule has 23 heavy (non-hydrogen) atoms. The SMILES string of the molecule is C[n+]1c(-c2ccccc2)c(/C=C/c2cccs2)n2ccsc21.[I-]. The number of hydrogen-bond acceptors (Lipinski definition) is 2. The number of aromatic nitrogens is 2. The zero-order valence-electron chi connectivity index (χ0n) is 12.5. The zero-order chi connectivity index (χ0) is 14.9. The smallest absolute Gasteiger partial charge is 0.346 e. The summed E-state index contributed by atoms with van der Waals surface area (Å²) in [6, 6.07) is 14.8. The van der Waals surface area contributed by atoms with E-state index in [9.17, 15) is 0 Å². The van der Waals surface area contributed by atoms with Crippen molar-refractivity contribution in [1.29, 1.82) is 0 Å². The molecule has 0 saturated carbocycles. The van der Waals surface area contributed by atoms with Crippen LogP contribution in [-0.4, -0.2) is 4.40 Å². The molecule has 3 heterocycles. The minimum Gasteiger partial charge on any atom is -1.00 e. The van der Waals surface area contributed by atoms with Gasteiger partial charge in [0.05, 0.1) is 7.05 Å². The number of fused-ring (bicyclic) bond motifs is 1. The highest BCUT2D eigenvalue weighted by Gasteiger charge is 2.23. The Hall–Kier alpha value is -1.44. The maximum atomic E-state index is 2.27. The van der Waals surface area contributed by atoms with Crippen LogP contribution >= 0.6 is 22.7 Å². The zero-order valence-corrected chi connectivity index (χ0v) is 16.3. The van der Waals surface area contributed by atoms with Gasteiger partial charge in [-0.3, -0.25) is 0 Å². The lowest BCUT2D eigenvalue weighted by Gasteiger charge is -1.98. The highest BCUT2D eigenvalue weighted by Crippen LogP contribution is 2.26. The average molecular weight is 450 g/mol. The van der Waals surface area contributed by atoms with Gasteiger partial charge in [0.1, 0.15) is 6.20 Å². The van der Waals surface area contributed by atoms with Crippen molar-refractivity contribution in [2.24, 2.45) is 7.05 Å². The van der Waals surface area contributed by atoms with E-state index in [2.05, 4.69) is 87.6 Å². The van der Waals surface area contributed by atoms with E-state index in [4.69, 9.17) is 0 Å². The van der Waals surface area contributed by atoms with Crippen LogP contribution in [0.25, 0.3) is 28.4 Å². The van der Waals surface area contributed by atoms with Crippen molar-refractivity contribution in [3.63, 3.8) is 0 Å². The van der Waals surface area contributed by atoms with Crippen molar-refractivity contribution < 1.29 is 28.5 Å². The molecular formula is C18H15IN2S2. The van der Waals surface area contributed by atoms with Gasteiger partial charge in [-0.1, -0.05) is 47.7 Å². The molecule has 5 heteroatoms. The maximum Gasteiger partial charge on any atom is 0.346 e. The number of nitrogens with zero attached hydrogens (tertiary/aromatic N) is 2. The van der Waals surface area contributed by atoms with Gasteiger partial charge < -0.3 is 24.0 Å². The average Bonchev–Trinajstić information content (AvgIpc) is 3.26. The first kappa shape index (κ1) is 16.4. The van der Waals surface area contributed by atoms with Crippen LogP contribution in [-0.2, 0) is 7.05 Å². The van der Waals surface area contributed by atoms with Crippen LogP contribution in [0.4, 0.5) is 0 Å². The van der Waals surface area contributed by atoms with Gasteiger partial charge in [0.25, 0.3) is 0 Å². The van der Waals surface area contributed by atoms with Crippen molar-refractivity contribution in [3.8, 4) is 11.3 Å².